The van der Waals surface area contributed by atoms with Crippen LogP contribution in [0.25, 0.3) is 0 Å². The normalized spacial score (nSPS) is 13.8. The first-order chi connectivity index (χ1) is 5.20. The van der Waals surface area contributed by atoms with Crippen LogP contribution in [0.3, 0.4) is 0 Å². The standard InChI is InChI=1S/C7H12N2S2/c1-5(4-6(10)11)7-8-2-3-9-7/h2-3,5-6,10-11H,4H2,1H3,(H,8,9). The minimum Gasteiger partial charge on any atom is -0.348 e. The zero-order valence-electron chi connectivity index (χ0n) is 6.36. The van der Waals surface area contributed by atoms with Gasteiger partial charge in [0.25, 0.3) is 0 Å². The molecular weight excluding hydrogens is 176 g/mol. The predicted molar refractivity (Wildman–Crippen MR) is 53.4 cm³/mol. The summed E-state index contributed by atoms with van der Waals surface area (Å²) < 4.78 is 0.134. The highest BCUT2D eigenvalue weighted by Gasteiger charge is 2.09. The molecule has 1 aromatic rings. The first-order valence-electron chi connectivity index (χ1n) is 3.55. The second-order valence-corrected chi connectivity index (χ2v) is 4.25. The number of H-pyrrole nitrogens is 1. The van der Waals surface area contributed by atoms with E-state index in [9.17, 15) is 0 Å². The lowest BCUT2D eigenvalue weighted by molar-refractivity contribution is 0.685. The van der Waals surface area contributed by atoms with Crippen LogP contribution < -0.4 is 0 Å². The van der Waals surface area contributed by atoms with Gasteiger partial charge in [0, 0.05) is 22.9 Å². The van der Waals surface area contributed by atoms with Crippen molar-refractivity contribution >= 4 is 25.3 Å². The fraction of sp³-hybridized carbons (Fsp3) is 0.571. The molecule has 1 aromatic heterocycles. The van der Waals surface area contributed by atoms with Crippen molar-refractivity contribution in [2.45, 2.75) is 23.8 Å². The summed E-state index contributed by atoms with van der Waals surface area (Å²) >= 11 is 8.38. The Morgan fingerprint density at radius 2 is 2.36 bits per heavy atom. The minimum atomic E-state index is 0.134. The van der Waals surface area contributed by atoms with Crippen molar-refractivity contribution in [3.05, 3.63) is 18.2 Å². The molecule has 0 aliphatic carbocycles. The van der Waals surface area contributed by atoms with Crippen molar-refractivity contribution in [3.8, 4) is 0 Å². The van der Waals surface area contributed by atoms with Gasteiger partial charge in [0.1, 0.15) is 5.82 Å². The molecule has 0 aliphatic rings. The first kappa shape index (κ1) is 9.00. The molecular formula is C7H12N2S2. The average Bonchev–Trinajstić information content (AvgIpc) is 2.35. The Hall–Kier alpha value is -0.0900. The van der Waals surface area contributed by atoms with Gasteiger partial charge in [0.2, 0.25) is 0 Å². The van der Waals surface area contributed by atoms with E-state index >= 15 is 0 Å². The SMILES string of the molecule is CC(CC(S)S)c1ncc[nH]1. The monoisotopic (exact) mass is 188 g/mol. The van der Waals surface area contributed by atoms with Gasteiger partial charge in [0.05, 0.1) is 0 Å². The zero-order chi connectivity index (χ0) is 8.27. The number of nitrogens with zero attached hydrogens (tertiary/aromatic N) is 1. The number of aromatic nitrogens is 2. The van der Waals surface area contributed by atoms with Crippen molar-refractivity contribution in [3.63, 3.8) is 0 Å². The number of hydrogen-bond acceptors (Lipinski definition) is 3. The molecule has 1 N–H and O–H groups in total. The lowest BCUT2D eigenvalue weighted by Gasteiger charge is -2.09. The highest BCUT2D eigenvalue weighted by molar-refractivity contribution is 7.99. The summed E-state index contributed by atoms with van der Waals surface area (Å²) in [6.45, 7) is 2.11. The van der Waals surface area contributed by atoms with E-state index in [1.165, 1.54) is 0 Å². The Balaban J connectivity index is 2.49. The molecule has 1 unspecified atom stereocenters. The van der Waals surface area contributed by atoms with Gasteiger partial charge in [-0.25, -0.2) is 4.98 Å². The van der Waals surface area contributed by atoms with Crippen molar-refractivity contribution in [1.29, 1.82) is 0 Å². The number of imidazole rings is 1. The van der Waals surface area contributed by atoms with Crippen LogP contribution in [0.15, 0.2) is 12.4 Å². The summed E-state index contributed by atoms with van der Waals surface area (Å²) in [5.41, 5.74) is 0. The third-order valence-corrected chi connectivity index (χ3v) is 1.97. The van der Waals surface area contributed by atoms with Gasteiger partial charge in [-0.1, -0.05) is 6.92 Å². The van der Waals surface area contributed by atoms with Crippen LogP contribution in [0.1, 0.15) is 25.1 Å². The Morgan fingerprint density at radius 1 is 1.64 bits per heavy atom. The fourth-order valence-corrected chi connectivity index (χ4v) is 1.61. The highest BCUT2D eigenvalue weighted by atomic mass is 32.2. The van der Waals surface area contributed by atoms with Crippen molar-refractivity contribution < 1.29 is 0 Å². The Morgan fingerprint density at radius 3 is 2.82 bits per heavy atom. The summed E-state index contributed by atoms with van der Waals surface area (Å²) in [4.78, 5) is 7.21. The number of nitrogens with one attached hydrogen (secondary N) is 1. The van der Waals surface area contributed by atoms with E-state index in [1.807, 2.05) is 6.20 Å². The molecule has 0 saturated carbocycles. The highest BCUT2D eigenvalue weighted by Crippen LogP contribution is 2.20. The summed E-state index contributed by atoms with van der Waals surface area (Å²) in [7, 11) is 0. The van der Waals surface area contributed by atoms with Crippen LogP contribution in [-0.4, -0.2) is 14.5 Å². The minimum absolute atomic E-state index is 0.134. The van der Waals surface area contributed by atoms with Crippen molar-refractivity contribution in [2.75, 3.05) is 0 Å². The predicted octanol–water partition coefficient (Wildman–Crippen LogP) is 2.09. The van der Waals surface area contributed by atoms with E-state index in [-0.39, 0.29) is 4.58 Å². The van der Waals surface area contributed by atoms with Crippen LogP contribution in [0.5, 0.6) is 0 Å². The van der Waals surface area contributed by atoms with Crippen LogP contribution in [-0.2, 0) is 0 Å². The molecule has 0 bridgehead atoms. The number of hydrogen-bond donors (Lipinski definition) is 3. The maximum Gasteiger partial charge on any atom is 0.108 e. The second-order valence-electron chi connectivity index (χ2n) is 2.59. The van der Waals surface area contributed by atoms with Crippen LogP contribution in [0, 0.1) is 0 Å². The lowest BCUT2D eigenvalue weighted by atomic mass is 10.1. The van der Waals surface area contributed by atoms with Gasteiger partial charge in [-0.2, -0.15) is 25.3 Å². The molecule has 4 heteroatoms. The second kappa shape index (κ2) is 4.07. The van der Waals surface area contributed by atoms with Crippen LogP contribution >= 0.6 is 25.3 Å². The maximum absolute atomic E-state index is 4.19. The topological polar surface area (TPSA) is 28.7 Å². The van der Waals surface area contributed by atoms with Crippen LogP contribution in [0.4, 0.5) is 0 Å². The molecule has 0 aliphatic heterocycles. The van der Waals surface area contributed by atoms with E-state index in [0.29, 0.717) is 5.92 Å². The fourth-order valence-electron chi connectivity index (χ4n) is 0.975. The molecule has 2 nitrogen and oxygen atoms in total. The molecule has 1 atom stereocenters. The van der Waals surface area contributed by atoms with Gasteiger partial charge in [0.15, 0.2) is 0 Å². The van der Waals surface area contributed by atoms with Gasteiger partial charge in [-0.15, -0.1) is 0 Å². The molecule has 11 heavy (non-hydrogen) atoms. The summed E-state index contributed by atoms with van der Waals surface area (Å²) in [5, 5.41) is 0. The first-order valence-corrected chi connectivity index (χ1v) is 4.59. The summed E-state index contributed by atoms with van der Waals surface area (Å²) in [5.74, 6) is 1.42. The molecule has 62 valence electrons. The Labute approximate surface area is 77.6 Å². The van der Waals surface area contributed by atoms with Gasteiger partial charge >= 0.3 is 0 Å². The van der Waals surface area contributed by atoms with E-state index in [1.54, 1.807) is 6.20 Å². The number of aromatic amines is 1. The Bertz CT molecular complexity index is 196. The van der Waals surface area contributed by atoms with E-state index in [0.717, 1.165) is 12.2 Å². The molecule has 0 saturated heterocycles. The molecule has 0 spiro atoms. The van der Waals surface area contributed by atoms with Crippen LogP contribution in [0.2, 0.25) is 0 Å². The molecule has 0 radical (unpaired) electrons. The van der Waals surface area contributed by atoms with Crippen molar-refractivity contribution in [1.82, 2.24) is 9.97 Å². The molecule has 1 rings (SSSR count). The van der Waals surface area contributed by atoms with Crippen molar-refractivity contribution in [2.24, 2.45) is 0 Å². The number of rotatable bonds is 3. The van der Waals surface area contributed by atoms with E-state index < -0.39 is 0 Å². The third kappa shape index (κ3) is 2.79. The largest absolute Gasteiger partial charge is 0.348 e. The molecule has 0 fully saturated rings. The van der Waals surface area contributed by atoms with Gasteiger partial charge < -0.3 is 4.98 Å². The van der Waals surface area contributed by atoms with E-state index in [4.69, 9.17) is 0 Å². The molecule has 1 heterocycles. The molecule has 0 aromatic carbocycles. The van der Waals surface area contributed by atoms with Gasteiger partial charge in [-0.05, 0) is 6.42 Å². The lowest BCUT2D eigenvalue weighted by Crippen LogP contribution is -2.00. The maximum atomic E-state index is 4.19. The van der Waals surface area contributed by atoms with Gasteiger partial charge in [-0.3, -0.25) is 0 Å². The third-order valence-electron chi connectivity index (χ3n) is 1.55. The smallest absolute Gasteiger partial charge is 0.108 e. The quantitative estimate of drug-likeness (QED) is 0.492. The zero-order valence-corrected chi connectivity index (χ0v) is 8.15. The summed E-state index contributed by atoms with van der Waals surface area (Å²) in [6.07, 6.45) is 4.52. The number of thiol groups is 2. The summed E-state index contributed by atoms with van der Waals surface area (Å²) in [6, 6.07) is 0. The Kier molecular flexibility index (Phi) is 3.33. The average molecular weight is 188 g/mol. The van der Waals surface area contributed by atoms with E-state index in [2.05, 4.69) is 42.1 Å². The molecule has 0 amide bonds.